The van der Waals surface area contributed by atoms with Crippen LogP contribution in [0.5, 0.6) is 5.75 Å². The monoisotopic (exact) mass is 271 g/mol. The van der Waals surface area contributed by atoms with E-state index < -0.39 is 6.61 Å². The second-order valence-electron chi connectivity index (χ2n) is 4.07. The van der Waals surface area contributed by atoms with Gasteiger partial charge in [0.05, 0.1) is 11.7 Å². The first kappa shape index (κ1) is 13.7. The molecule has 2 rings (SSSR count). The van der Waals surface area contributed by atoms with Crippen molar-refractivity contribution in [2.24, 2.45) is 0 Å². The fraction of sp³-hybridized carbons (Fsp3) is 0.417. The van der Waals surface area contributed by atoms with E-state index in [9.17, 15) is 13.6 Å². The van der Waals surface area contributed by atoms with Crippen LogP contribution >= 0.6 is 0 Å². The summed E-state index contributed by atoms with van der Waals surface area (Å²) in [5.41, 5.74) is 0.236. The van der Waals surface area contributed by atoms with E-state index >= 15 is 0 Å². The molecular formula is C12H15F2N3O2. The second-order valence-corrected chi connectivity index (χ2v) is 4.07. The molecule has 0 bridgehead atoms. The molecule has 1 aliphatic rings. The van der Waals surface area contributed by atoms with Crippen molar-refractivity contribution in [1.82, 2.24) is 10.6 Å². The summed E-state index contributed by atoms with van der Waals surface area (Å²) in [4.78, 5) is 11.9. The van der Waals surface area contributed by atoms with Crippen LogP contribution in [0.4, 0.5) is 14.5 Å². The predicted molar refractivity (Wildman–Crippen MR) is 66.4 cm³/mol. The molecule has 1 atom stereocenters. The number of halogens is 2. The highest BCUT2D eigenvalue weighted by Gasteiger charge is 2.21. The van der Waals surface area contributed by atoms with Crippen molar-refractivity contribution in [3.05, 3.63) is 24.3 Å². The van der Waals surface area contributed by atoms with Crippen LogP contribution in [0.25, 0.3) is 0 Å². The van der Waals surface area contributed by atoms with Crippen molar-refractivity contribution >= 4 is 11.6 Å². The molecule has 7 heteroatoms. The summed E-state index contributed by atoms with van der Waals surface area (Å²) >= 11 is 0. The minimum absolute atomic E-state index is 0.0466. The Morgan fingerprint density at radius 2 is 2.16 bits per heavy atom. The first-order valence-electron chi connectivity index (χ1n) is 5.95. The van der Waals surface area contributed by atoms with Crippen LogP contribution < -0.4 is 20.7 Å². The number of carbonyl (C=O) groups excluding carboxylic acids is 1. The summed E-state index contributed by atoms with van der Waals surface area (Å²) in [5.74, 6) is -0.327. The lowest BCUT2D eigenvalue weighted by molar-refractivity contribution is -0.118. The van der Waals surface area contributed by atoms with Gasteiger partial charge >= 0.3 is 6.61 Å². The molecule has 0 aromatic heterocycles. The Morgan fingerprint density at radius 1 is 1.37 bits per heavy atom. The zero-order valence-electron chi connectivity index (χ0n) is 10.2. The number of rotatable bonds is 4. The number of ether oxygens (including phenoxy) is 1. The Kier molecular flexibility index (Phi) is 4.64. The number of benzene rings is 1. The molecular weight excluding hydrogens is 256 g/mol. The van der Waals surface area contributed by atoms with Crippen molar-refractivity contribution in [3.63, 3.8) is 0 Å². The van der Waals surface area contributed by atoms with Crippen LogP contribution in [-0.4, -0.2) is 38.2 Å². The summed E-state index contributed by atoms with van der Waals surface area (Å²) in [7, 11) is 0. The molecule has 5 nitrogen and oxygen atoms in total. The molecule has 0 aliphatic carbocycles. The maximum atomic E-state index is 12.2. The van der Waals surface area contributed by atoms with E-state index in [1.807, 2.05) is 0 Å². The van der Waals surface area contributed by atoms with Crippen LogP contribution in [0.15, 0.2) is 24.3 Å². The highest BCUT2D eigenvalue weighted by molar-refractivity contribution is 5.96. The third kappa shape index (κ3) is 3.87. The number of piperazine rings is 1. The summed E-state index contributed by atoms with van der Waals surface area (Å²) in [6, 6.07) is 5.72. The Labute approximate surface area is 109 Å². The van der Waals surface area contributed by atoms with Crippen molar-refractivity contribution in [1.29, 1.82) is 0 Å². The van der Waals surface area contributed by atoms with Crippen LogP contribution in [0.1, 0.15) is 0 Å². The van der Waals surface area contributed by atoms with Gasteiger partial charge in [0.15, 0.2) is 0 Å². The zero-order valence-corrected chi connectivity index (χ0v) is 10.2. The number of hydrogen-bond acceptors (Lipinski definition) is 4. The molecule has 1 amide bonds. The van der Waals surface area contributed by atoms with E-state index in [1.165, 1.54) is 12.1 Å². The van der Waals surface area contributed by atoms with E-state index in [1.54, 1.807) is 12.1 Å². The van der Waals surface area contributed by atoms with Crippen LogP contribution in [0.2, 0.25) is 0 Å². The molecule has 1 heterocycles. The predicted octanol–water partition coefficient (Wildman–Crippen LogP) is 0.788. The average molecular weight is 271 g/mol. The van der Waals surface area contributed by atoms with E-state index in [2.05, 4.69) is 20.7 Å². The van der Waals surface area contributed by atoms with Crippen molar-refractivity contribution in [2.45, 2.75) is 12.7 Å². The normalized spacial score (nSPS) is 19.2. The quantitative estimate of drug-likeness (QED) is 0.757. The lowest BCUT2D eigenvalue weighted by Crippen LogP contribution is -2.54. The number of anilines is 1. The molecule has 3 N–H and O–H groups in total. The van der Waals surface area contributed by atoms with Crippen LogP contribution in [0.3, 0.4) is 0 Å². The van der Waals surface area contributed by atoms with Gasteiger partial charge in [0, 0.05) is 19.6 Å². The standard InChI is InChI=1S/C12H15F2N3O2/c13-12(14)19-10-4-2-1-3-8(10)17-11(18)9-7-15-5-6-16-9/h1-4,9,12,15-16H,5-7H2,(H,17,18). The van der Waals surface area contributed by atoms with Crippen molar-refractivity contribution in [3.8, 4) is 5.75 Å². The van der Waals surface area contributed by atoms with E-state index in [-0.39, 0.29) is 23.4 Å². The summed E-state index contributed by atoms with van der Waals surface area (Å²) < 4.78 is 28.8. The third-order valence-corrected chi connectivity index (χ3v) is 2.72. The molecule has 0 spiro atoms. The number of hydrogen-bond donors (Lipinski definition) is 3. The van der Waals surface area contributed by atoms with Gasteiger partial charge < -0.3 is 20.7 Å². The van der Waals surface area contributed by atoms with Gasteiger partial charge in [-0.15, -0.1) is 0 Å². The highest BCUT2D eigenvalue weighted by atomic mass is 19.3. The van der Waals surface area contributed by atoms with E-state index in [0.29, 0.717) is 13.1 Å². The van der Waals surface area contributed by atoms with Crippen LogP contribution in [-0.2, 0) is 4.79 Å². The topological polar surface area (TPSA) is 62.4 Å². The summed E-state index contributed by atoms with van der Waals surface area (Å²) in [6.07, 6.45) is 0. The smallest absolute Gasteiger partial charge is 0.387 e. The van der Waals surface area contributed by atoms with E-state index in [0.717, 1.165) is 6.54 Å². The zero-order chi connectivity index (χ0) is 13.7. The molecule has 19 heavy (non-hydrogen) atoms. The number of para-hydroxylation sites is 2. The number of nitrogens with one attached hydrogen (secondary N) is 3. The number of carbonyl (C=O) groups is 1. The lowest BCUT2D eigenvalue weighted by Gasteiger charge is -2.24. The number of amides is 1. The molecule has 1 aromatic carbocycles. The Balaban J connectivity index is 2.03. The minimum Gasteiger partial charge on any atom is -0.433 e. The molecule has 104 valence electrons. The Bertz CT molecular complexity index is 437. The Morgan fingerprint density at radius 3 is 2.84 bits per heavy atom. The molecule has 1 saturated heterocycles. The largest absolute Gasteiger partial charge is 0.433 e. The molecule has 1 fully saturated rings. The maximum Gasteiger partial charge on any atom is 0.387 e. The number of alkyl halides is 2. The molecule has 0 radical (unpaired) electrons. The molecule has 1 aliphatic heterocycles. The average Bonchev–Trinajstić information content (AvgIpc) is 2.41. The van der Waals surface area contributed by atoms with E-state index in [4.69, 9.17) is 0 Å². The maximum absolute atomic E-state index is 12.2. The lowest BCUT2D eigenvalue weighted by atomic mass is 10.2. The third-order valence-electron chi connectivity index (χ3n) is 2.72. The fourth-order valence-electron chi connectivity index (χ4n) is 1.83. The SMILES string of the molecule is O=C(Nc1ccccc1OC(F)F)C1CNCCN1. The first-order chi connectivity index (χ1) is 9.16. The van der Waals surface area contributed by atoms with Gasteiger partial charge in [0.2, 0.25) is 5.91 Å². The molecule has 0 saturated carbocycles. The van der Waals surface area contributed by atoms with Gasteiger partial charge in [0.1, 0.15) is 5.75 Å². The van der Waals surface area contributed by atoms with Gasteiger partial charge in [0.25, 0.3) is 0 Å². The summed E-state index contributed by atoms with van der Waals surface area (Å²) in [5, 5.41) is 8.70. The molecule has 1 aromatic rings. The van der Waals surface area contributed by atoms with Gasteiger partial charge in [-0.1, -0.05) is 12.1 Å². The second kappa shape index (κ2) is 6.44. The fourth-order valence-corrected chi connectivity index (χ4v) is 1.83. The highest BCUT2D eigenvalue weighted by Crippen LogP contribution is 2.25. The first-order valence-corrected chi connectivity index (χ1v) is 5.95. The van der Waals surface area contributed by atoms with Gasteiger partial charge in [-0.3, -0.25) is 4.79 Å². The van der Waals surface area contributed by atoms with Gasteiger partial charge in [-0.05, 0) is 12.1 Å². The van der Waals surface area contributed by atoms with Crippen molar-refractivity contribution < 1.29 is 18.3 Å². The van der Waals surface area contributed by atoms with Gasteiger partial charge in [-0.2, -0.15) is 8.78 Å². The minimum atomic E-state index is -2.92. The summed E-state index contributed by atoms with van der Waals surface area (Å²) in [6.45, 7) is -0.932. The Hall–Kier alpha value is -1.73. The van der Waals surface area contributed by atoms with Crippen molar-refractivity contribution in [2.75, 3.05) is 25.0 Å². The van der Waals surface area contributed by atoms with Crippen LogP contribution in [0, 0.1) is 0 Å². The molecule has 1 unspecified atom stereocenters. The van der Waals surface area contributed by atoms with Gasteiger partial charge in [-0.25, -0.2) is 0 Å².